The number of hydrogen-bond donors (Lipinski definition) is 0. The second-order valence-electron chi connectivity index (χ2n) is 4.16. The molecule has 2 rings (SSSR count). The van der Waals surface area contributed by atoms with E-state index in [1.165, 1.54) is 0 Å². The van der Waals surface area contributed by atoms with E-state index in [0.717, 1.165) is 33.9 Å². The number of aryl methyl sites for hydroxylation is 2. The highest BCUT2D eigenvalue weighted by Crippen LogP contribution is 2.28. The molecule has 3 heteroatoms. The summed E-state index contributed by atoms with van der Waals surface area (Å²) in [5, 5.41) is 0.718. The van der Waals surface area contributed by atoms with Gasteiger partial charge in [-0.15, -0.1) is 0 Å². The van der Waals surface area contributed by atoms with Gasteiger partial charge in [-0.3, -0.25) is 4.79 Å². The Morgan fingerprint density at radius 2 is 1.83 bits per heavy atom. The smallest absolute Gasteiger partial charge is 0.150 e. The molecule has 92 valence electrons. The van der Waals surface area contributed by atoms with Crippen molar-refractivity contribution >= 4 is 17.9 Å². The first-order chi connectivity index (χ1) is 8.60. The van der Waals surface area contributed by atoms with Gasteiger partial charge in [0.1, 0.15) is 17.8 Å². The van der Waals surface area contributed by atoms with Crippen molar-refractivity contribution in [2.45, 2.75) is 13.8 Å². The number of rotatable bonds is 3. The standard InChI is InChI=1S/C15H13ClO2/c1-10-8-13(4-5-14(10)16)18-15-6-3-12(9-17)7-11(15)2/h3-9H,1-2H3. The first-order valence-corrected chi connectivity index (χ1v) is 5.98. The predicted octanol–water partition coefficient (Wildman–Crippen LogP) is 4.56. The van der Waals surface area contributed by atoms with Gasteiger partial charge >= 0.3 is 0 Å². The molecule has 0 aliphatic carbocycles. The van der Waals surface area contributed by atoms with Gasteiger partial charge in [0, 0.05) is 10.6 Å². The minimum Gasteiger partial charge on any atom is -0.457 e. The zero-order valence-corrected chi connectivity index (χ0v) is 11.0. The van der Waals surface area contributed by atoms with Gasteiger partial charge < -0.3 is 4.74 Å². The summed E-state index contributed by atoms with van der Waals surface area (Å²) < 4.78 is 5.77. The van der Waals surface area contributed by atoms with E-state index in [9.17, 15) is 4.79 Å². The Hall–Kier alpha value is -1.80. The van der Waals surface area contributed by atoms with Crippen molar-refractivity contribution in [3.05, 3.63) is 58.1 Å². The molecular formula is C15H13ClO2. The van der Waals surface area contributed by atoms with Crippen LogP contribution in [0.25, 0.3) is 0 Å². The van der Waals surface area contributed by atoms with E-state index < -0.39 is 0 Å². The van der Waals surface area contributed by atoms with Crippen LogP contribution in [0.3, 0.4) is 0 Å². The third-order valence-corrected chi connectivity index (χ3v) is 3.12. The lowest BCUT2D eigenvalue weighted by molar-refractivity contribution is 0.112. The topological polar surface area (TPSA) is 26.3 Å². The lowest BCUT2D eigenvalue weighted by Gasteiger charge is -2.10. The molecule has 0 bridgehead atoms. The lowest BCUT2D eigenvalue weighted by atomic mass is 10.1. The van der Waals surface area contributed by atoms with E-state index in [4.69, 9.17) is 16.3 Å². The van der Waals surface area contributed by atoms with Crippen LogP contribution in [0, 0.1) is 13.8 Å². The van der Waals surface area contributed by atoms with Crippen LogP contribution in [0.5, 0.6) is 11.5 Å². The second-order valence-corrected chi connectivity index (χ2v) is 4.56. The Labute approximate surface area is 111 Å². The Balaban J connectivity index is 2.28. The third-order valence-electron chi connectivity index (χ3n) is 2.69. The van der Waals surface area contributed by atoms with Crippen molar-refractivity contribution in [3.8, 4) is 11.5 Å². The Bertz CT molecular complexity index is 591. The highest BCUT2D eigenvalue weighted by molar-refractivity contribution is 6.31. The Kier molecular flexibility index (Phi) is 3.68. The fourth-order valence-corrected chi connectivity index (χ4v) is 1.79. The van der Waals surface area contributed by atoms with Gasteiger partial charge in [-0.25, -0.2) is 0 Å². The Morgan fingerprint density at radius 3 is 2.44 bits per heavy atom. The maximum absolute atomic E-state index is 10.7. The van der Waals surface area contributed by atoms with Gasteiger partial charge in [-0.2, -0.15) is 0 Å². The second kappa shape index (κ2) is 5.23. The summed E-state index contributed by atoms with van der Waals surface area (Å²) in [4.78, 5) is 10.7. The fourth-order valence-electron chi connectivity index (χ4n) is 1.67. The highest BCUT2D eigenvalue weighted by Gasteiger charge is 2.04. The molecule has 2 aromatic carbocycles. The van der Waals surface area contributed by atoms with Crippen molar-refractivity contribution in [2.75, 3.05) is 0 Å². The monoisotopic (exact) mass is 260 g/mol. The van der Waals surface area contributed by atoms with Crippen LogP contribution in [0.4, 0.5) is 0 Å². The number of carbonyl (C=O) groups is 1. The van der Waals surface area contributed by atoms with Crippen LogP contribution in [0.2, 0.25) is 5.02 Å². The number of carbonyl (C=O) groups excluding carboxylic acids is 1. The van der Waals surface area contributed by atoms with E-state index in [1.807, 2.05) is 26.0 Å². The molecule has 0 radical (unpaired) electrons. The maximum Gasteiger partial charge on any atom is 0.150 e. The highest BCUT2D eigenvalue weighted by atomic mass is 35.5. The fraction of sp³-hybridized carbons (Fsp3) is 0.133. The molecule has 0 atom stereocenters. The van der Waals surface area contributed by atoms with Crippen LogP contribution < -0.4 is 4.74 Å². The van der Waals surface area contributed by atoms with E-state index in [-0.39, 0.29) is 0 Å². The van der Waals surface area contributed by atoms with Crippen molar-refractivity contribution in [1.82, 2.24) is 0 Å². The molecule has 0 heterocycles. The van der Waals surface area contributed by atoms with Crippen LogP contribution in [-0.2, 0) is 0 Å². The largest absolute Gasteiger partial charge is 0.457 e. The molecule has 0 fully saturated rings. The molecule has 0 amide bonds. The summed E-state index contributed by atoms with van der Waals surface area (Å²) in [7, 11) is 0. The lowest BCUT2D eigenvalue weighted by Crippen LogP contribution is -1.90. The van der Waals surface area contributed by atoms with Gasteiger partial charge in [-0.05, 0) is 61.4 Å². The summed E-state index contributed by atoms with van der Waals surface area (Å²) in [6.07, 6.45) is 0.823. The van der Waals surface area contributed by atoms with E-state index in [0.29, 0.717) is 5.56 Å². The summed E-state index contributed by atoms with van der Waals surface area (Å²) in [6.45, 7) is 3.84. The van der Waals surface area contributed by atoms with Crippen LogP contribution in [0.1, 0.15) is 21.5 Å². The van der Waals surface area contributed by atoms with Crippen LogP contribution >= 0.6 is 11.6 Å². The predicted molar refractivity (Wildman–Crippen MR) is 72.8 cm³/mol. The first kappa shape index (κ1) is 12.7. The number of aldehydes is 1. The number of hydrogen-bond acceptors (Lipinski definition) is 2. The average molecular weight is 261 g/mol. The molecule has 2 aromatic rings. The van der Waals surface area contributed by atoms with Crippen molar-refractivity contribution < 1.29 is 9.53 Å². The summed E-state index contributed by atoms with van der Waals surface area (Å²) in [6, 6.07) is 10.8. The van der Waals surface area contributed by atoms with Gasteiger partial charge in [0.25, 0.3) is 0 Å². The first-order valence-electron chi connectivity index (χ1n) is 5.60. The molecule has 18 heavy (non-hydrogen) atoms. The minimum atomic E-state index is 0.645. The number of ether oxygens (including phenoxy) is 1. The number of benzene rings is 2. The zero-order valence-electron chi connectivity index (χ0n) is 10.2. The molecule has 0 saturated heterocycles. The van der Waals surface area contributed by atoms with Crippen molar-refractivity contribution in [1.29, 1.82) is 0 Å². The van der Waals surface area contributed by atoms with Crippen LogP contribution in [0.15, 0.2) is 36.4 Å². The SMILES string of the molecule is Cc1cc(Oc2ccc(C=O)cc2C)ccc1Cl. The van der Waals surface area contributed by atoms with Crippen molar-refractivity contribution in [3.63, 3.8) is 0 Å². The van der Waals surface area contributed by atoms with Gasteiger partial charge in [0.2, 0.25) is 0 Å². The molecule has 0 saturated carbocycles. The molecule has 0 N–H and O–H groups in total. The van der Waals surface area contributed by atoms with Crippen molar-refractivity contribution in [2.24, 2.45) is 0 Å². The minimum absolute atomic E-state index is 0.645. The Morgan fingerprint density at radius 1 is 1.06 bits per heavy atom. The zero-order chi connectivity index (χ0) is 13.1. The molecule has 0 unspecified atom stereocenters. The third kappa shape index (κ3) is 2.71. The summed E-state index contributed by atoms with van der Waals surface area (Å²) >= 11 is 5.96. The van der Waals surface area contributed by atoms with E-state index in [2.05, 4.69) is 0 Å². The summed E-state index contributed by atoms with van der Waals surface area (Å²) in [5.74, 6) is 1.47. The molecule has 0 aliphatic rings. The molecule has 0 spiro atoms. The van der Waals surface area contributed by atoms with Gasteiger partial charge in [-0.1, -0.05) is 11.6 Å². The summed E-state index contributed by atoms with van der Waals surface area (Å²) in [5.41, 5.74) is 2.54. The average Bonchev–Trinajstić information content (AvgIpc) is 2.36. The van der Waals surface area contributed by atoms with Gasteiger partial charge in [0.05, 0.1) is 0 Å². The van der Waals surface area contributed by atoms with E-state index >= 15 is 0 Å². The maximum atomic E-state index is 10.7. The molecule has 2 nitrogen and oxygen atoms in total. The van der Waals surface area contributed by atoms with Gasteiger partial charge in [0.15, 0.2) is 0 Å². The molecule has 0 aromatic heterocycles. The quantitative estimate of drug-likeness (QED) is 0.756. The van der Waals surface area contributed by atoms with E-state index in [1.54, 1.807) is 24.3 Å². The number of halogens is 1. The molecular weight excluding hydrogens is 248 g/mol. The van der Waals surface area contributed by atoms with Crippen LogP contribution in [-0.4, -0.2) is 6.29 Å². The molecule has 0 aliphatic heterocycles. The normalized spacial score (nSPS) is 10.2.